The average molecular weight is 252 g/mol. The van der Waals surface area contributed by atoms with E-state index in [1.807, 2.05) is 0 Å². The summed E-state index contributed by atoms with van der Waals surface area (Å²) in [6.45, 7) is -1.86. The van der Waals surface area contributed by atoms with E-state index in [2.05, 4.69) is 4.74 Å². The highest BCUT2D eigenvalue weighted by Gasteiger charge is 2.41. The Morgan fingerprint density at radius 1 is 1.18 bits per heavy atom. The molecule has 1 unspecified atom stereocenters. The van der Waals surface area contributed by atoms with E-state index in [4.69, 9.17) is 0 Å². The third-order valence-corrected chi connectivity index (χ3v) is 2.07. The van der Waals surface area contributed by atoms with Crippen molar-refractivity contribution in [2.24, 2.45) is 0 Å². The second-order valence-electron chi connectivity index (χ2n) is 3.50. The zero-order valence-electron chi connectivity index (χ0n) is 8.82. The van der Waals surface area contributed by atoms with Gasteiger partial charge in [-0.2, -0.15) is 8.78 Å². The Kier molecular flexibility index (Phi) is 4.89. The summed E-state index contributed by atoms with van der Waals surface area (Å²) in [5.74, 6) is -4.18. The molecule has 1 aromatic rings. The first-order valence-electron chi connectivity index (χ1n) is 4.90. The Labute approximate surface area is 95.8 Å². The highest BCUT2D eigenvalue weighted by atomic mass is 19.3. The Morgan fingerprint density at radius 2 is 1.76 bits per heavy atom. The van der Waals surface area contributed by atoms with Crippen LogP contribution in [0.25, 0.3) is 0 Å². The standard InChI is InChI=1S/C11H12F4O2/c12-10(13)11(14,15)7-17-6-9(16)8-4-2-1-3-5-8/h1-5,9-10,16H,6-7H2. The molecule has 96 valence electrons. The van der Waals surface area contributed by atoms with E-state index in [-0.39, 0.29) is 0 Å². The van der Waals surface area contributed by atoms with Gasteiger partial charge in [-0.05, 0) is 5.56 Å². The fourth-order valence-electron chi connectivity index (χ4n) is 1.14. The molecule has 0 aliphatic heterocycles. The number of halogens is 4. The molecule has 0 aromatic heterocycles. The summed E-state index contributed by atoms with van der Waals surface area (Å²) >= 11 is 0. The maximum atomic E-state index is 12.4. The Hall–Kier alpha value is -1.14. The molecule has 1 aromatic carbocycles. The monoisotopic (exact) mass is 252 g/mol. The minimum atomic E-state index is -4.18. The molecule has 0 heterocycles. The number of aliphatic hydroxyl groups excluding tert-OH is 1. The first-order chi connectivity index (χ1) is 7.93. The first kappa shape index (κ1) is 13.9. The van der Waals surface area contributed by atoms with Crippen molar-refractivity contribution in [1.29, 1.82) is 0 Å². The van der Waals surface area contributed by atoms with E-state index in [0.717, 1.165) is 0 Å². The summed E-state index contributed by atoms with van der Waals surface area (Å²) in [5, 5.41) is 9.50. The van der Waals surface area contributed by atoms with Crippen molar-refractivity contribution < 1.29 is 27.4 Å². The number of benzene rings is 1. The molecule has 0 aliphatic carbocycles. The normalized spacial score (nSPS) is 14.0. The van der Waals surface area contributed by atoms with Gasteiger partial charge in [-0.25, -0.2) is 8.78 Å². The maximum Gasteiger partial charge on any atom is 0.330 e. The highest BCUT2D eigenvalue weighted by Crippen LogP contribution is 2.23. The zero-order chi connectivity index (χ0) is 12.9. The molecule has 0 bridgehead atoms. The minimum Gasteiger partial charge on any atom is -0.386 e. The Morgan fingerprint density at radius 3 is 2.29 bits per heavy atom. The third kappa shape index (κ3) is 4.32. The largest absolute Gasteiger partial charge is 0.386 e. The van der Waals surface area contributed by atoms with Gasteiger partial charge in [0, 0.05) is 0 Å². The number of aliphatic hydroxyl groups is 1. The quantitative estimate of drug-likeness (QED) is 0.789. The van der Waals surface area contributed by atoms with Crippen LogP contribution in [0.4, 0.5) is 17.6 Å². The van der Waals surface area contributed by atoms with Crippen molar-refractivity contribution in [2.45, 2.75) is 18.5 Å². The van der Waals surface area contributed by atoms with E-state index in [1.165, 1.54) is 0 Å². The van der Waals surface area contributed by atoms with E-state index in [0.29, 0.717) is 5.56 Å². The Balaban J connectivity index is 2.37. The number of rotatable bonds is 6. The second kappa shape index (κ2) is 5.97. The molecule has 6 heteroatoms. The van der Waals surface area contributed by atoms with Crippen LogP contribution in [-0.4, -0.2) is 30.7 Å². The van der Waals surface area contributed by atoms with Crippen LogP contribution in [0.5, 0.6) is 0 Å². The lowest BCUT2D eigenvalue weighted by atomic mass is 10.1. The molecule has 17 heavy (non-hydrogen) atoms. The second-order valence-corrected chi connectivity index (χ2v) is 3.50. The van der Waals surface area contributed by atoms with Gasteiger partial charge < -0.3 is 9.84 Å². The number of hydrogen-bond acceptors (Lipinski definition) is 2. The van der Waals surface area contributed by atoms with Crippen molar-refractivity contribution in [2.75, 3.05) is 13.2 Å². The van der Waals surface area contributed by atoms with Gasteiger partial charge in [0.15, 0.2) is 0 Å². The predicted molar refractivity (Wildman–Crippen MR) is 53.2 cm³/mol. The van der Waals surface area contributed by atoms with E-state index >= 15 is 0 Å². The van der Waals surface area contributed by atoms with Gasteiger partial charge in [-0.15, -0.1) is 0 Å². The lowest BCUT2D eigenvalue weighted by Gasteiger charge is -2.17. The molecule has 1 N–H and O–H groups in total. The summed E-state index contributed by atoms with van der Waals surface area (Å²) in [4.78, 5) is 0. The lowest BCUT2D eigenvalue weighted by molar-refractivity contribution is -0.170. The molecule has 0 aliphatic rings. The lowest BCUT2D eigenvalue weighted by Crippen LogP contribution is -2.33. The zero-order valence-corrected chi connectivity index (χ0v) is 8.82. The summed E-state index contributed by atoms with van der Waals surface area (Å²) in [6, 6.07) is 8.21. The average Bonchev–Trinajstić information content (AvgIpc) is 2.29. The van der Waals surface area contributed by atoms with Gasteiger partial charge in [0.05, 0.1) is 6.61 Å². The van der Waals surface area contributed by atoms with Crippen LogP contribution < -0.4 is 0 Å². The van der Waals surface area contributed by atoms with Gasteiger partial charge >= 0.3 is 12.3 Å². The van der Waals surface area contributed by atoms with Crippen LogP contribution in [-0.2, 0) is 4.74 Å². The molecule has 0 spiro atoms. The molecule has 1 rings (SSSR count). The van der Waals surface area contributed by atoms with Gasteiger partial charge in [-0.3, -0.25) is 0 Å². The summed E-state index contributed by atoms with van der Waals surface area (Å²) in [6.07, 6.45) is -4.87. The van der Waals surface area contributed by atoms with Crippen molar-refractivity contribution >= 4 is 0 Å². The fraction of sp³-hybridized carbons (Fsp3) is 0.455. The molecular weight excluding hydrogens is 240 g/mol. The number of hydrogen-bond donors (Lipinski definition) is 1. The predicted octanol–water partition coefficient (Wildman–Crippen LogP) is 2.64. The molecule has 0 amide bonds. The highest BCUT2D eigenvalue weighted by molar-refractivity contribution is 5.17. The molecule has 2 nitrogen and oxygen atoms in total. The SMILES string of the molecule is OC(COCC(F)(F)C(F)F)c1ccccc1. The van der Waals surface area contributed by atoms with Gasteiger partial charge in [0.25, 0.3) is 0 Å². The maximum absolute atomic E-state index is 12.4. The van der Waals surface area contributed by atoms with E-state index < -0.39 is 31.7 Å². The van der Waals surface area contributed by atoms with Crippen molar-refractivity contribution in [3.63, 3.8) is 0 Å². The van der Waals surface area contributed by atoms with Gasteiger partial charge in [-0.1, -0.05) is 30.3 Å². The van der Waals surface area contributed by atoms with Crippen LogP contribution in [0, 0.1) is 0 Å². The molecular formula is C11H12F4O2. The summed E-state index contributed by atoms with van der Waals surface area (Å²) in [5.41, 5.74) is 0.480. The first-order valence-corrected chi connectivity index (χ1v) is 4.90. The molecule has 0 saturated carbocycles. The smallest absolute Gasteiger partial charge is 0.330 e. The summed E-state index contributed by atoms with van der Waals surface area (Å²) < 4.78 is 52.8. The molecule has 0 saturated heterocycles. The minimum absolute atomic E-state index is 0.452. The molecule has 0 fully saturated rings. The topological polar surface area (TPSA) is 29.5 Å². The van der Waals surface area contributed by atoms with E-state index in [1.54, 1.807) is 30.3 Å². The third-order valence-electron chi connectivity index (χ3n) is 2.07. The van der Waals surface area contributed by atoms with Crippen LogP contribution in [0.1, 0.15) is 11.7 Å². The van der Waals surface area contributed by atoms with Crippen molar-refractivity contribution in [1.82, 2.24) is 0 Å². The molecule has 1 atom stereocenters. The summed E-state index contributed by atoms with van der Waals surface area (Å²) in [7, 11) is 0. The van der Waals surface area contributed by atoms with Crippen LogP contribution in [0.2, 0.25) is 0 Å². The number of ether oxygens (including phenoxy) is 1. The number of alkyl halides is 4. The van der Waals surface area contributed by atoms with Crippen LogP contribution >= 0.6 is 0 Å². The fourth-order valence-corrected chi connectivity index (χ4v) is 1.14. The van der Waals surface area contributed by atoms with Crippen molar-refractivity contribution in [3.8, 4) is 0 Å². The van der Waals surface area contributed by atoms with E-state index in [9.17, 15) is 22.7 Å². The molecule has 0 radical (unpaired) electrons. The van der Waals surface area contributed by atoms with Crippen molar-refractivity contribution in [3.05, 3.63) is 35.9 Å². The van der Waals surface area contributed by atoms with Crippen LogP contribution in [0.3, 0.4) is 0 Å². The van der Waals surface area contributed by atoms with Gasteiger partial charge in [0.2, 0.25) is 0 Å². The Bertz CT molecular complexity index is 330. The van der Waals surface area contributed by atoms with Gasteiger partial charge in [0.1, 0.15) is 12.7 Å². The van der Waals surface area contributed by atoms with Crippen LogP contribution in [0.15, 0.2) is 30.3 Å².